The molecule has 0 aromatic heterocycles. The van der Waals surface area contributed by atoms with Crippen molar-refractivity contribution in [1.82, 2.24) is 4.31 Å². The van der Waals surface area contributed by atoms with Crippen molar-refractivity contribution < 1.29 is 13.2 Å². The Hall–Kier alpha value is -2.18. The summed E-state index contributed by atoms with van der Waals surface area (Å²) in [5.41, 5.74) is 0.601. The molecule has 1 amide bonds. The summed E-state index contributed by atoms with van der Waals surface area (Å²) in [5.74, 6) is -0.201. The highest BCUT2D eigenvalue weighted by Crippen LogP contribution is 2.26. The number of amides is 1. The van der Waals surface area contributed by atoms with Crippen molar-refractivity contribution in [3.8, 4) is 0 Å². The van der Waals surface area contributed by atoms with Crippen LogP contribution in [0.4, 0.5) is 5.69 Å². The van der Waals surface area contributed by atoms with Gasteiger partial charge in [0.05, 0.1) is 10.3 Å². The summed E-state index contributed by atoms with van der Waals surface area (Å²) in [7, 11) is -0.598. The van der Waals surface area contributed by atoms with E-state index in [-0.39, 0.29) is 10.8 Å². The lowest BCUT2D eigenvalue weighted by molar-refractivity contribution is -0.120. The minimum Gasteiger partial charge on any atom is -0.325 e. The molecule has 0 heterocycles. The third kappa shape index (κ3) is 3.66. The number of carbonyl (C=O) groups is 1. The Morgan fingerprint density at radius 1 is 1.00 bits per heavy atom. The monoisotopic (exact) mass is 346 g/mol. The number of rotatable bonds is 5. The molecule has 24 heavy (non-hydrogen) atoms. The maximum atomic E-state index is 12.7. The lowest BCUT2D eigenvalue weighted by Gasteiger charge is -2.24. The van der Waals surface area contributed by atoms with E-state index in [1.54, 1.807) is 12.1 Å². The molecule has 2 aromatic rings. The van der Waals surface area contributed by atoms with Gasteiger partial charge in [0.2, 0.25) is 15.9 Å². The molecule has 0 saturated heterocycles. The first-order valence-electron chi connectivity index (χ1n) is 7.55. The molecule has 2 aromatic carbocycles. The first kappa shape index (κ1) is 18.2. The molecule has 6 heteroatoms. The number of sulfonamides is 1. The normalized spacial score (nSPS) is 12.2. The van der Waals surface area contributed by atoms with Gasteiger partial charge < -0.3 is 5.32 Å². The fourth-order valence-electron chi connectivity index (χ4n) is 2.22. The SMILES string of the molecule is CN(C)S(=O)(=O)c1cccc(NC(=O)C(C)(C)c2ccccc2)c1. The molecule has 1 N–H and O–H groups in total. The number of nitrogens with one attached hydrogen (secondary N) is 1. The smallest absolute Gasteiger partial charge is 0.242 e. The molecule has 0 fully saturated rings. The summed E-state index contributed by atoms with van der Waals surface area (Å²) < 4.78 is 25.5. The molecule has 5 nitrogen and oxygen atoms in total. The van der Waals surface area contributed by atoms with Crippen molar-refractivity contribution in [3.05, 3.63) is 60.2 Å². The minimum atomic E-state index is -3.54. The summed E-state index contributed by atoms with van der Waals surface area (Å²) in [6, 6.07) is 15.7. The Morgan fingerprint density at radius 2 is 1.62 bits per heavy atom. The molecule has 0 bridgehead atoms. The van der Waals surface area contributed by atoms with E-state index >= 15 is 0 Å². The molecule has 0 aliphatic carbocycles. The standard InChI is InChI=1S/C18H22N2O3S/c1-18(2,14-9-6-5-7-10-14)17(21)19-15-11-8-12-16(13-15)24(22,23)20(3)4/h5-13H,1-4H3,(H,19,21). The van der Waals surface area contributed by atoms with Crippen molar-refractivity contribution in [2.45, 2.75) is 24.2 Å². The average molecular weight is 346 g/mol. The van der Waals surface area contributed by atoms with Crippen LogP contribution in [0.15, 0.2) is 59.5 Å². The lowest BCUT2D eigenvalue weighted by atomic mass is 9.83. The number of nitrogens with zero attached hydrogens (tertiary/aromatic N) is 1. The van der Waals surface area contributed by atoms with E-state index in [4.69, 9.17) is 0 Å². The molecule has 0 saturated carbocycles. The molecule has 0 unspecified atom stereocenters. The van der Waals surface area contributed by atoms with Crippen LogP contribution in [-0.2, 0) is 20.2 Å². The van der Waals surface area contributed by atoms with Crippen LogP contribution in [-0.4, -0.2) is 32.7 Å². The van der Waals surface area contributed by atoms with Crippen LogP contribution in [0.5, 0.6) is 0 Å². The zero-order valence-electron chi connectivity index (χ0n) is 14.3. The summed E-state index contributed by atoms with van der Waals surface area (Å²) in [5, 5.41) is 2.81. The van der Waals surface area contributed by atoms with Gasteiger partial charge in [-0.2, -0.15) is 0 Å². The highest BCUT2D eigenvalue weighted by atomic mass is 32.2. The second-order valence-corrected chi connectivity index (χ2v) is 8.41. The van der Waals surface area contributed by atoms with E-state index in [9.17, 15) is 13.2 Å². The Labute approximate surface area is 143 Å². The van der Waals surface area contributed by atoms with Crippen LogP contribution in [0, 0.1) is 0 Å². The van der Waals surface area contributed by atoms with Crippen LogP contribution in [0.2, 0.25) is 0 Å². The molecule has 128 valence electrons. The zero-order chi connectivity index (χ0) is 18.0. The van der Waals surface area contributed by atoms with Crippen molar-refractivity contribution in [2.75, 3.05) is 19.4 Å². The number of hydrogen-bond donors (Lipinski definition) is 1. The second-order valence-electron chi connectivity index (χ2n) is 6.26. The number of hydrogen-bond acceptors (Lipinski definition) is 3. The molecule has 2 rings (SSSR count). The molecular weight excluding hydrogens is 324 g/mol. The van der Waals surface area contributed by atoms with Gasteiger partial charge in [-0.1, -0.05) is 36.4 Å². The van der Waals surface area contributed by atoms with Gasteiger partial charge in [0.15, 0.2) is 0 Å². The summed E-state index contributed by atoms with van der Waals surface area (Å²) in [4.78, 5) is 12.8. The third-order valence-electron chi connectivity index (χ3n) is 3.93. The van der Waals surface area contributed by atoms with E-state index in [0.29, 0.717) is 5.69 Å². The van der Waals surface area contributed by atoms with Gasteiger partial charge in [-0.25, -0.2) is 12.7 Å². The highest BCUT2D eigenvalue weighted by molar-refractivity contribution is 7.89. The van der Waals surface area contributed by atoms with E-state index in [1.165, 1.54) is 26.2 Å². The largest absolute Gasteiger partial charge is 0.325 e. The van der Waals surface area contributed by atoms with Crippen molar-refractivity contribution in [3.63, 3.8) is 0 Å². The fraction of sp³-hybridized carbons (Fsp3) is 0.278. The molecule has 0 aliphatic heterocycles. The van der Waals surface area contributed by atoms with Crippen molar-refractivity contribution in [1.29, 1.82) is 0 Å². The zero-order valence-corrected chi connectivity index (χ0v) is 15.1. The quantitative estimate of drug-likeness (QED) is 0.905. The second kappa shape index (κ2) is 6.75. The summed E-state index contributed by atoms with van der Waals surface area (Å²) >= 11 is 0. The van der Waals surface area contributed by atoms with Crippen molar-refractivity contribution >= 4 is 21.6 Å². The van der Waals surface area contributed by atoms with Crippen LogP contribution < -0.4 is 5.32 Å². The first-order valence-corrected chi connectivity index (χ1v) is 8.99. The lowest BCUT2D eigenvalue weighted by Crippen LogP contribution is -2.34. The Bertz CT molecular complexity index is 828. The molecular formula is C18H22N2O3S. The Morgan fingerprint density at radius 3 is 2.21 bits per heavy atom. The van der Waals surface area contributed by atoms with Gasteiger partial charge in [0.1, 0.15) is 0 Å². The highest BCUT2D eigenvalue weighted by Gasteiger charge is 2.29. The molecule has 0 radical (unpaired) electrons. The van der Waals surface area contributed by atoms with E-state index < -0.39 is 15.4 Å². The molecule has 0 spiro atoms. The maximum absolute atomic E-state index is 12.7. The van der Waals surface area contributed by atoms with Crippen LogP contribution in [0.1, 0.15) is 19.4 Å². The third-order valence-corrected chi connectivity index (χ3v) is 5.74. The van der Waals surface area contributed by atoms with Gasteiger partial charge in [0.25, 0.3) is 0 Å². The molecule has 0 atom stereocenters. The van der Waals surface area contributed by atoms with Gasteiger partial charge in [0, 0.05) is 19.8 Å². The Balaban J connectivity index is 2.27. The summed E-state index contributed by atoms with van der Waals surface area (Å²) in [6.07, 6.45) is 0. The van der Waals surface area contributed by atoms with Crippen LogP contribution in [0.25, 0.3) is 0 Å². The number of anilines is 1. The molecule has 0 aliphatic rings. The van der Waals surface area contributed by atoms with Gasteiger partial charge in [-0.05, 0) is 37.6 Å². The number of carbonyl (C=O) groups excluding carboxylic acids is 1. The maximum Gasteiger partial charge on any atom is 0.242 e. The predicted molar refractivity (Wildman–Crippen MR) is 95.4 cm³/mol. The van der Waals surface area contributed by atoms with Crippen LogP contribution in [0.3, 0.4) is 0 Å². The van der Waals surface area contributed by atoms with Crippen LogP contribution >= 0.6 is 0 Å². The average Bonchev–Trinajstić information content (AvgIpc) is 2.55. The van der Waals surface area contributed by atoms with E-state index in [0.717, 1.165) is 9.87 Å². The van der Waals surface area contributed by atoms with E-state index in [2.05, 4.69) is 5.32 Å². The van der Waals surface area contributed by atoms with Gasteiger partial charge in [-0.3, -0.25) is 4.79 Å². The number of benzene rings is 2. The first-order chi connectivity index (χ1) is 11.2. The minimum absolute atomic E-state index is 0.141. The van der Waals surface area contributed by atoms with E-state index in [1.807, 2.05) is 44.2 Å². The Kier molecular flexibility index (Phi) is 5.11. The summed E-state index contributed by atoms with van der Waals surface area (Å²) in [6.45, 7) is 3.66. The topological polar surface area (TPSA) is 66.5 Å². The van der Waals surface area contributed by atoms with Gasteiger partial charge >= 0.3 is 0 Å². The van der Waals surface area contributed by atoms with Crippen molar-refractivity contribution in [2.24, 2.45) is 0 Å². The predicted octanol–water partition coefficient (Wildman–Crippen LogP) is 2.85. The fourth-order valence-corrected chi connectivity index (χ4v) is 3.17. The van der Waals surface area contributed by atoms with Gasteiger partial charge in [-0.15, -0.1) is 0 Å².